The highest BCUT2D eigenvalue weighted by atomic mass is 32.1. The van der Waals surface area contributed by atoms with E-state index >= 15 is 4.39 Å². The van der Waals surface area contributed by atoms with Gasteiger partial charge in [-0.25, -0.2) is 9.24 Å². The third-order valence-corrected chi connectivity index (χ3v) is 6.38. The molecule has 1 saturated heterocycles. The van der Waals surface area contributed by atoms with Crippen LogP contribution in [0, 0.1) is 19.3 Å². The summed E-state index contributed by atoms with van der Waals surface area (Å²) in [6.07, 6.45) is 1.51. The molecule has 8 nitrogen and oxygen atoms in total. The van der Waals surface area contributed by atoms with Crippen LogP contribution in [0.5, 0.6) is 0 Å². The van der Waals surface area contributed by atoms with E-state index in [-0.39, 0.29) is 23.5 Å². The molecule has 3 aromatic rings. The van der Waals surface area contributed by atoms with Gasteiger partial charge in [0, 0.05) is 36.7 Å². The Labute approximate surface area is 207 Å². The standard InChI is InChI=1S/C25H23FN6O2S/c1-15-12-17(8-9-20(15)27-4)31-23(34)25(2,3)32(24(31)35)18-7-6-16(19(26)13-18)14-28-22(33)21-10-11-29-30(21)5/h6-13H,14H2,1-3,5H3,(H,28,33). The third kappa shape index (κ3) is 4.15. The van der Waals surface area contributed by atoms with E-state index in [1.54, 1.807) is 69.1 Å². The smallest absolute Gasteiger partial charge is 0.269 e. The number of aromatic nitrogens is 2. The van der Waals surface area contributed by atoms with Crippen molar-refractivity contribution < 1.29 is 14.0 Å². The van der Waals surface area contributed by atoms with Crippen LogP contribution in [0.1, 0.15) is 35.5 Å². The number of anilines is 2. The molecule has 2 heterocycles. The first-order valence-electron chi connectivity index (χ1n) is 10.8. The molecule has 0 bridgehead atoms. The first-order chi connectivity index (χ1) is 16.6. The highest BCUT2D eigenvalue weighted by Crippen LogP contribution is 2.38. The number of rotatable bonds is 5. The van der Waals surface area contributed by atoms with Crippen LogP contribution >= 0.6 is 12.2 Å². The van der Waals surface area contributed by atoms with E-state index in [2.05, 4.69) is 15.3 Å². The van der Waals surface area contributed by atoms with Gasteiger partial charge in [0.25, 0.3) is 11.8 Å². The fourth-order valence-corrected chi connectivity index (χ4v) is 4.56. The van der Waals surface area contributed by atoms with Crippen molar-refractivity contribution in [1.29, 1.82) is 0 Å². The Hall–Kier alpha value is -4.10. The Kier molecular flexibility index (Phi) is 6.13. The molecule has 0 atom stereocenters. The van der Waals surface area contributed by atoms with Crippen molar-refractivity contribution in [2.45, 2.75) is 32.9 Å². The van der Waals surface area contributed by atoms with Gasteiger partial charge < -0.3 is 10.2 Å². The van der Waals surface area contributed by atoms with Gasteiger partial charge >= 0.3 is 0 Å². The molecule has 1 fully saturated rings. The summed E-state index contributed by atoms with van der Waals surface area (Å²) >= 11 is 5.66. The molecule has 2 amide bonds. The van der Waals surface area contributed by atoms with Gasteiger partial charge in [-0.15, -0.1) is 0 Å². The molecule has 1 aromatic heterocycles. The average molecular weight is 491 g/mol. The van der Waals surface area contributed by atoms with Crippen molar-refractivity contribution in [3.63, 3.8) is 0 Å². The van der Waals surface area contributed by atoms with Gasteiger partial charge in [0.2, 0.25) is 0 Å². The maximum atomic E-state index is 15.0. The highest BCUT2D eigenvalue weighted by molar-refractivity contribution is 7.81. The van der Waals surface area contributed by atoms with Gasteiger partial charge in [-0.3, -0.25) is 19.2 Å². The first-order valence-corrected chi connectivity index (χ1v) is 11.2. The minimum absolute atomic E-state index is 0.0122. The molecule has 0 spiro atoms. The Morgan fingerprint density at radius 3 is 2.51 bits per heavy atom. The minimum Gasteiger partial charge on any atom is -0.347 e. The number of hydrogen-bond donors (Lipinski definition) is 1. The molecule has 35 heavy (non-hydrogen) atoms. The lowest BCUT2D eigenvalue weighted by Crippen LogP contribution is -2.44. The molecule has 2 aromatic carbocycles. The molecular weight excluding hydrogens is 467 g/mol. The van der Waals surface area contributed by atoms with Gasteiger partial charge in [0.15, 0.2) is 10.8 Å². The van der Waals surface area contributed by atoms with Crippen LogP contribution in [-0.2, 0) is 18.4 Å². The number of hydrogen-bond acceptors (Lipinski definition) is 4. The second kappa shape index (κ2) is 8.92. The van der Waals surface area contributed by atoms with Crippen molar-refractivity contribution in [3.05, 3.63) is 82.7 Å². The van der Waals surface area contributed by atoms with Crippen LogP contribution in [0.15, 0.2) is 48.7 Å². The number of nitrogens with one attached hydrogen (secondary N) is 1. The van der Waals surface area contributed by atoms with E-state index in [0.29, 0.717) is 28.3 Å². The summed E-state index contributed by atoms with van der Waals surface area (Å²) in [6.45, 7) is 12.5. The van der Waals surface area contributed by atoms with E-state index in [0.717, 1.165) is 5.56 Å². The summed E-state index contributed by atoms with van der Waals surface area (Å²) in [6, 6.07) is 11.2. The zero-order valence-corrected chi connectivity index (χ0v) is 20.5. The van der Waals surface area contributed by atoms with Crippen molar-refractivity contribution in [2.24, 2.45) is 7.05 Å². The van der Waals surface area contributed by atoms with Gasteiger partial charge in [0.1, 0.15) is 17.1 Å². The van der Waals surface area contributed by atoms with Crippen LogP contribution < -0.4 is 15.1 Å². The maximum absolute atomic E-state index is 15.0. The normalized spacial score (nSPS) is 14.9. The van der Waals surface area contributed by atoms with Crippen LogP contribution in [-0.4, -0.2) is 32.2 Å². The molecular formula is C25H23FN6O2S. The molecule has 0 radical (unpaired) electrons. The summed E-state index contributed by atoms with van der Waals surface area (Å²) < 4.78 is 16.5. The number of halogens is 1. The van der Waals surface area contributed by atoms with Crippen LogP contribution in [0.4, 0.5) is 21.5 Å². The zero-order valence-electron chi connectivity index (χ0n) is 19.7. The Balaban J connectivity index is 1.59. The van der Waals surface area contributed by atoms with E-state index in [1.807, 2.05) is 0 Å². The second-order valence-electron chi connectivity index (χ2n) is 8.70. The number of thiocarbonyl (C=S) groups is 1. The number of carbonyl (C=O) groups excluding carboxylic acids is 2. The fourth-order valence-electron chi connectivity index (χ4n) is 4.04. The van der Waals surface area contributed by atoms with Crippen molar-refractivity contribution in [1.82, 2.24) is 15.1 Å². The predicted octanol–water partition coefficient (Wildman–Crippen LogP) is 4.27. The SMILES string of the molecule is [C-]#[N+]c1ccc(N2C(=O)C(C)(C)N(c3ccc(CNC(=O)c4ccnn4C)c(F)c3)C2=S)cc1C. The van der Waals surface area contributed by atoms with Crippen LogP contribution in [0.2, 0.25) is 0 Å². The Morgan fingerprint density at radius 1 is 1.20 bits per heavy atom. The van der Waals surface area contributed by atoms with Crippen molar-refractivity contribution >= 4 is 46.2 Å². The molecule has 178 valence electrons. The van der Waals surface area contributed by atoms with E-state index in [1.165, 1.54) is 21.8 Å². The largest absolute Gasteiger partial charge is 0.347 e. The monoisotopic (exact) mass is 490 g/mol. The molecule has 0 aliphatic carbocycles. The van der Waals surface area contributed by atoms with Gasteiger partial charge in [-0.1, -0.05) is 12.1 Å². The molecule has 0 saturated carbocycles. The van der Waals surface area contributed by atoms with E-state index in [4.69, 9.17) is 18.8 Å². The number of amides is 2. The maximum Gasteiger partial charge on any atom is 0.269 e. The molecule has 1 aliphatic heterocycles. The Bertz CT molecular complexity index is 1410. The number of aryl methyl sites for hydroxylation is 2. The summed E-state index contributed by atoms with van der Waals surface area (Å²) in [5, 5.41) is 6.85. The topological polar surface area (TPSA) is 74.8 Å². The van der Waals surface area contributed by atoms with Crippen LogP contribution in [0.3, 0.4) is 0 Å². The Morgan fingerprint density at radius 2 is 1.91 bits per heavy atom. The van der Waals surface area contributed by atoms with Crippen LogP contribution in [0.25, 0.3) is 4.85 Å². The lowest BCUT2D eigenvalue weighted by atomic mass is 10.0. The quantitative estimate of drug-likeness (QED) is 0.427. The average Bonchev–Trinajstić information content (AvgIpc) is 3.31. The number of benzene rings is 2. The van der Waals surface area contributed by atoms with Gasteiger partial charge in [-0.05, 0) is 68.9 Å². The minimum atomic E-state index is -1.06. The summed E-state index contributed by atoms with van der Waals surface area (Å²) in [4.78, 5) is 32.1. The van der Waals surface area contributed by atoms with Gasteiger partial charge in [-0.2, -0.15) is 5.10 Å². The lowest BCUT2D eigenvalue weighted by Gasteiger charge is -2.29. The second-order valence-corrected chi connectivity index (χ2v) is 9.06. The van der Waals surface area contributed by atoms with E-state index in [9.17, 15) is 9.59 Å². The summed E-state index contributed by atoms with van der Waals surface area (Å²) in [5.74, 6) is -1.16. The number of nitrogens with zero attached hydrogens (tertiary/aromatic N) is 5. The summed E-state index contributed by atoms with van der Waals surface area (Å²) in [5.41, 5.74) is 1.79. The van der Waals surface area contributed by atoms with Gasteiger partial charge in [0.05, 0.1) is 6.57 Å². The fraction of sp³-hybridized carbons (Fsp3) is 0.240. The molecule has 4 rings (SSSR count). The zero-order chi connectivity index (χ0) is 25.5. The molecule has 1 aliphatic rings. The summed E-state index contributed by atoms with van der Waals surface area (Å²) in [7, 11) is 1.65. The molecule has 10 heteroatoms. The molecule has 1 N–H and O–H groups in total. The lowest BCUT2D eigenvalue weighted by molar-refractivity contribution is -0.120. The third-order valence-electron chi connectivity index (χ3n) is 6.01. The molecule has 0 unspecified atom stereocenters. The van der Waals surface area contributed by atoms with E-state index < -0.39 is 11.4 Å². The number of carbonyl (C=O) groups is 2. The van der Waals surface area contributed by atoms with Crippen molar-refractivity contribution in [2.75, 3.05) is 9.80 Å². The predicted molar refractivity (Wildman–Crippen MR) is 135 cm³/mol. The first kappa shape index (κ1) is 24.0. The van der Waals surface area contributed by atoms with Crippen molar-refractivity contribution in [3.8, 4) is 0 Å². The highest BCUT2D eigenvalue weighted by Gasteiger charge is 2.50.